The molecule has 4 rings (SSSR count). The SMILES string of the molecule is C=CCOc1c(CN2C3CCC2CC(O)(c2cccc(F)c2)C3)cccc1OC.O=C(O)CC(O)(CC(=O)O)C(=O)O. The van der Waals surface area contributed by atoms with Crippen molar-refractivity contribution in [3.63, 3.8) is 0 Å². The Morgan fingerprint density at radius 3 is 2.17 bits per heavy atom. The molecule has 228 valence electrons. The van der Waals surface area contributed by atoms with E-state index in [1.165, 1.54) is 12.1 Å². The monoisotopic (exact) mass is 589 g/mol. The van der Waals surface area contributed by atoms with Gasteiger partial charge < -0.3 is 35.0 Å². The van der Waals surface area contributed by atoms with E-state index < -0.39 is 42.0 Å². The molecule has 2 fully saturated rings. The number of fused-ring (bicyclic) bond motifs is 2. The number of hydrogen-bond donors (Lipinski definition) is 5. The molecule has 2 atom stereocenters. The van der Waals surface area contributed by atoms with Crippen molar-refractivity contribution in [2.45, 2.75) is 68.4 Å². The van der Waals surface area contributed by atoms with E-state index in [1.807, 2.05) is 18.2 Å². The minimum Gasteiger partial charge on any atom is -0.493 e. The Balaban J connectivity index is 0.000000316. The lowest BCUT2D eigenvalue weighted by Gasteiger charge is -2.44. The lowest BCUT2D eigenvalue weighted by Crippen LogP contribution is -2.49. The molecule has 0 aromatic heterocycles. The van der Waals surface area contributed by atoms with Gasteiger partial charge in [0.2, 0.25) is 0 Å². The molecule has 42 heavy (non-hydrogen) atoms. The van der Waals surface area contributed by atoms with Gasteiger partial charge in [-0.05, 0) is 49.4 Å². The molecule has 0 saturated carbocycles. The van der Waals surface area contributed by atoms with E-state index in [2.05, 4.69) is 17.5 Å². The number of piperidine rings is 1. The van der Waals surface area contributed by atoms with E-state index in [-0.39, 0.29) is 17.9 Å². The number of carbonyl (C=O) groups is 3. The summed E-state index contributed by atoms with van der Waals surface area (Å²) in [7, 11) is 1.64. The Morgan fingerprint density at radius 1 is 1.07 bits per heavy atom. The summed E-state index contributed by atoms with van der Waals surface area (Å²) in [5.41, 5.74) is -1.96. The zero-order chi connectivity index (χ0) is 31.1. The fourth-order valence-corrected chi connectivity index (χ4v) is 5.65. The van der Waals surface area contributed by atoms with Gasteiger partial charge >= 0.3 is 17.9 Å². The minimum absolute atomic E-state index is 0.250. The average molecular weight is 590 g/mol. The van der Waals surface area contributed by atoms with Crippen LogP contribution in [0.4, 0.5) is 4.39 Å². The zero-order valence-electron chi connectivity index (χ0n) is 23.2. The third-order valence-electron chi connectivity index (χ3n) is 7.54. The Morgan fingerprint density at radius 2 is 1.67 bits per heavy atom. The van der Waals surface area contributed by atoms with Gasteiger partial charge in [-0.25, -0.2) is 9.18 Å². The average Bonchev–Trinajstić information content (AvgIpc) is 3.15. The summed E-state index contributed by atoms with van der Waals surface area (Å²) < 4.78 is 25.1. The molecule has 12 heteroatoms. The highest BCUT2D eigenvalue weighted by atomic mass is 19.1. The van der Waals surface area contributed by atoms with Gasteiger partial charge in [0.05, 0.1) is 25.6 Å². The Bertz CT molecular complexity index is 1270. The van der Waals surface area contributed by atoms with Gasteiger partial charge in [-0.15, -0.1) is 0 Å². The predicted molar refractivity (Wildman–Crippen MR) is 148 cm³/mol. The van der Waals surface area contributed by atoms with E-state index in [0.717, 1.165) is 30.7 Å². The summed E-state index contributed by atoms with van der Waals surface area (Å²) in [6.45, 7) is 4.88. The third kappa shape index (κ3) is 7.84. The number of methoxy groups -OCH3 is 1. The van der Waals surface area contributed by atoms with Crippen LogP contribution in [0.3, 0.4) is 0 Å². The second kappa shape index (κ2) is 13.8. The molecule has 11 nitrogen and oxygen atoms in total. The van der Waals surface area contributed by atoms with Gasteiger partial charge in [-0.1, -0.05) is 36.9 Å². The molecule has 2 aliphatic heterocycles. The van der Waals surface area contributed by atoms with Crippen LogP contribution in [0.25, 0.3) is 0 Å². The number of aliphatic hydroxyl groups is 2. The lowest BCUT2D eigenvalue weighted by atomic mass is 9.80. The maximum atomic E-state index is 13.7. The molecular formula is C30H36FNO10. The largest absolute Gasteiger partial charge is 0.493 e. The molecule has 2 unspecified atom stereocenters. The van der Waals surface area contributed by atoms with Crippen molar-refractivity contribution in [2.24, 2.45) is 0 Å². The van der Waals surface area contributed by atoms with Crippen LogP contribution < -0.4 is 9.47 Å². The molecule has 2 aliphatic rings. The maximum absolute atomic E-state index is 13.7. The topological polar surface area (TPSA) is 174 Å². The van der Waals surface area contributed by atoms with Crippen molar-refractivity contribution < 1.29 is 53.8 Å². The number of aliphatic carboxylic acids is 3. The molecule has 2 heterocycles. The number of nitrogens with zero attached hydrogens (tertiary/aromatic N) is 1. The smallest absolute Gasteiger partial charge is 0.336 e. The molecule has 0 spiro atoms. The highest BCUT2D eigenvalue weighted by Crippen LogP contribution is 2.47. The molecule has 2 aromatic rings. The van der Waals surface area contributed by atoms with E-state index in [9.17, 15) is 23.9 Å². The zero-order valence-corrected chi connectivity index (χ0v) is 23.2. The van der Waals surface area contributed by atoms with Crippen LogP contribution in [0.1, 0.15) is 49.7 Å². The summed E-state index contributed by atoms with van der Waals surface area (Å²) in [5, 5.41) is 45.1. The van der Waals surface area contributed by atoms with Crippen molar-refractivity contribution in [1.82, 2.24) is 4.90 Å². The summed E-state index contributed by atoms with van der Waals surface area (Å²) in [6, 6.07) is 12.8. The number of rotatable bonds is 12. The van der Waals surface area contributed by atoms with Gasteiger partial charge in [-0.3, -0.25) is 14.5 Å². The quantitative estimate of drug-likeness (QED) is 0.230. The Kier molecular flexibility index (Phi) is 10.7. The first-order chi connectivity index (χ1) is 19.8. The summed E-state index contributed by atoms with van der Waals surface area (Å²) in [6.07, 6.45) is 2.73. The van der Waals surface area contributed by atoms with Crippen LogP contribution in [0.5, 0.6) is 11.5 Å². The van der Waals surface area contributed by atoms with Crippen LogP contribution in [-0.2, 0) is 26.5 Å². The number of carboxylic acid groups (broad SMARTS) is 3. The number of halogens is 1. The first-order valence-corrected chi connectivity index (χ1v) is 13.3. The van der Waals surface area contributed by atoms with Crippen LogP contribution >= 0.6 is 0 Å². The summed E-state index contributed by atoms with van der Waals surface area (Å²) >= 11 is 0. The van der Waals surface area contributed by atoms with Gasteiger partial charge in [0, 0.05) is 24.2 Å². The van der Waals surface area contributed by atoms with Crippen molar-refractivity contribution in [3.05, 3.63) is 72.1 Å². The molecule has 0 radical (unpaired) electrons. The molecular weight excluding hydrogens is 553 g/mol. The molecule has 2 bridgehead atoms. The number of hydrogen-bond acceptors (Lipinski definition) is 8. The first-order valence-electron chi connectivity index (χ1n) is 13.3. The molecule has 5 N–H and O–H groups in total. The molecule has 2 saturated heterocycles. The van der Waals surface area contributed by atoms with Crippen molar-refractivity contribution >= 4 is 17.9 Å². The number of benzene rings is 2. The van der Waals surface area contributed by atoms with Crippen molar-refractivity contribution in [1.29, 1.82) is 0 Å². The number of carboxylic acids is 3. The van der Waals surface area contributed by atoms with Gasteiger partial charge in [0.1, 0.15) is 12.4 Å². The van der Waals surface area contributed by atoms with E-state index in [4.69, 9.17) is 29.9 Å². The Labute approximate surface area is 242 Å². The number of para-hydroxylation sites is 1. The van der Waals surface area contributed by atoms with Crippen LogP contribution in [0.15, 0.2) is 55.1 Å². The highest BCUT2D eigenvalue weighted by Gasteiger charge is 2.48. The first kappa shape index (κ1) is 32.5. The summed E-state index contributed by atoms with van der Waals surface area (Å²) in [4.78, 5) is 32.9. The highest BCUT2D eigenvalue weighted by molar-refractivity contribution is 5.88. The maximum Gasteiger partial charge on any atom is 0.336 e. The molecule has 0 amide bonds. The standard InChI is InChI=1S/C24H28FNO3.C6H8O7/c1-3-12-29-23-17(6-4-9-22(23)28-2)16-26-20-10-11-21(26)15-24(27,14-20)18-7-5-8-19(25)13-18;7-3(8)1-6(13,5(11)12)2-4(9)10/h3-9,13,20-21,27H,1,10-12,14-16H2,2H3;13H,1-2H2,(H,7,8)(H,9,10)(H,11,12). The second-order valence-corrected chi connectivity index (χ2v) is 10.5. The van der Waals surface area contributed by atoms with Crippen LogP contribution in [0.2, 0.25) is 0 Å². The van der Waals surface area contributed by atoms with E-state index >= 15 is 0 Å². The van der Waals surface area contributed by atoms with Crippen molar-refractivity contribution in [2.75, 3.05) is 13.7 Å². The van der Waals surface area contributed by atoms with E-state index in [0.29, 0.717) is 30.8 Å². The molecule has 2 aromatic carbocycles. The fraction of sp³-hybridized carbons (Fsp3) is 0.433. The fourth-order valence-electron chi connectivity index (χ4n) is 5.65. The predicted octanol–water partition coefficient (Wildman–Crippen LogP) is 3.17. The van der Waals surface area contributed by atoms with Crippen LogP contribution in [0, 0.1) is 5.82 Å². The third-order valence-corrected chi connectivity index (χ3v) is 7.54. The Hall–Kier alpha value is -4.00. The van der Waals surface area contributed by atoms with Gasteiger partial charge in [0.15, 0.2) is 17.1 Å². The van der Waals surface area contributed by atoms with E-state index in [1.54, 1.807) is 19.3 Å². The molecule has 0 aliphatic carbocycles. The van der Waals surface area contributed by atoms with Gasteiger partial charge in [0.25, 0.3) is 0 Å². The van der Waals surface area contributed by atoms with Crippen LogP contribution in [-0.4, -0.2) is 79.7 Å². The summed E-state index contributed by atoms with van der Waals surface area (Å²) in [5.74, 6) is -3.86. The lowest BCUT2D eigenvalue weighted by molar-refractivity contribution is -0.170. The normalized spacial score (nSPS) is 21.5. The van der Waals surface area contributed by atoms with Crippen molar-refractivity contribution in [3.8, 4) is 11.5 Å². The number of ether oxygens (including phenoxy) is 2. The minimum atomic E-state index is -2.74. The second-order valence-electron chi connectivity index (χ2n) is 10.5. The van der Waals surface area contributed by atoms with Gasteiger partial charge in [-0.2, -0.15) is 0 Å².